The summed E-state index contributed by atoms with van der Waals surface area (Å²) >= 11 is 0. The summed E-state index contributed by atoms with van der Waals surface area (Å²) in [7, 11) is 0. The van der Waals surface area contributed by atoms with Crippen LogP contribution in [0.1, 0.15) is 32.6 Å². The van der Waals surface area contributed by atoms with Gasteiger partial charge in [0.1, 0.15) is 0 Å². The van der Waals surface area contributed by atoms with E-state index in [0.29, 0.717) is 26.2 Å². The molecule has 1 saturated heterocycles. The predicted molar refractivity (Wildman–Crippen MR) is 57.8 cm³/mol. The van der Waals surface area contributed by atoms with E-state index >= 15 is 0 Å². The molecule has 0 N–H and O–H groups in total. The molecule has 90 valence electrons. The molecule has 1 aliphatic carbocycles. The number of rotatable bonds is 2. The molecule has 4 nitrogen and oxygen atoms in total. The van der Waals surface area contributed by atoms with Crippen LogP contribution in [-0.2, 0) is 19.0 Å². The first-order valence-corrected chi connectivity index (χ1v) is 5.88. The summed E-state index contributed by atoms with van der Waals surface area (Å²) in [4.78, 5) is 11.3. The van der Waals surface area contributed by atoms with Crippen molar-refractivity contribution in [1.82, 2.24) is 0 Å². The molecule has 0 unspecified atom stereocenters. The highest BCUT2D eigenvalue weighted by atomic mass is 16.7. The Hall–Kier alpha value is -0.870. The van der Waals surface area contributed by atoms with Gasteiger partial charge in [0.05, 0.1) is 19.8 Å². The largest absolute Gasteiger partial charge is 0.463 e. The quantitative estimate of drug-likeness (QED) is 0.532. The molecule has 1 heterocycles. The molecule has 2 aliphatic rings. The Kier molecular flexibility index (Phi) is 3.61. The van der Waals surface area contributed by atoms with Gasteiger partial charge < -0.3 is 14.2 Å². The van der Waals surface area contributed by atoms with Gasteiger partial charge >= 0.3 is 5.97 Å². The smallest absolute Gasteiger partial charge is 0.330 e. The zero-order valence-electron chi connectivity index (χ0n) is 9.66. The van der Waals surface area contributed by atoms with Crippen molar-refractivity contribution < 1.29 is 19.0 Å². The van der Waals surface area contributed by atoms with Crippen LogP contribution in [0.3, 0.4) is 0 Å². The fraction of sp³-hybridized carbons (Fsp3) is 0.750. The van der Waals surface area contributed by atoms with Crippen LogP contribution in [0.15, 0.2) is 11.6 Å². The van der Waals surface area contributed by atoms with Gasteiger partial charge in [-0.3, -0.25) is 0 Å². The van der Waals surface area contributed by atoms with E-state index in [0.717, 1.165) is 24.8 Å². The second-order valence-corrected chi connectivity index (χ2v) is 4.19. The molecule has 1 aliphatic heterocycles. The molecular weight excluding hydrogens is 208 g/mol. The molecule has 0 aromatic rings. The molecule has 1 saturated carbocycles. The monoisotopic (exact) mass is 226 g/mol. The normalized spacial score (nSPS) is 26.2. The van der Waals surface area contributed by atoms with Crippen molar-refractivity contribution in [1.29, 1.82) is 0 Å². The molecule has 0 amide bonds. The van der Waals surface area contributed by atoms with Gasteiger partial charge in [0.25, 0.3) is 0 Å². The topological polar surface area (TPSA) is 44.8 Å². The molecule has 0 bridgehead atoms. The second kappa shape index (κ2) is 4.97. The van der Waals surface area contributed by atoms with E-state index in [2.05, 4.69) is 0 Å². The van der Waals surface area contributed by atoms with Crippen molar-refractivity contribution in [3.63, 3.8) is 0 Å². The van der Waals surface area contributed by atoms with Gasteiger partial charge in [-0.2, -0.15) is 0 Å². The molecule has 0 aromatic carbocycles. The van der Waals surface area contributed by atoms with E-state index in [4.69, 9.17) is 14.2 Å². The van der Waals surface area contributed by atoms with Crippen LogP contribution in [0.25, 0.3) is 0 Å². The number of carbonyl (C=O) groups excluding carboxylic acids is 1. The van der Waals surface area contributed by atoms with Crippen LogP contribution < -0.4 is 0 Å². The molecular formula is C12H18O4. The maximum absolute atomic E-state index is 11.3. The Balaban J connectivity index is 1.98. The number of ether oxygens (including phenoxy) is 3. The molecule has 4 heteroatoms. The SMILES string of the molecule is CCOC(=O)/C=C1\CCCC2(C1)OCCO2. The van der Waals surface area contributed by atoms with Crippen molar-refractivity contribution in [2.24, 2.45) is 0 Å². The third-order valence-electron chi connectivity index (χ3n) is 2.97. The Morgan fingerprint density at radius 1 is 1.50 bits per heavy atom. The molecule has 2 rings (SSSR count). The number of esters is 1. The minimum absolute atomic E-state index is 0.257. The number of hydrogen-bond acceptors (Lipinski definition) is 4. The van der Waals surface area contributed by atoms with Crippen LogP contribution in [0.2, 0.25) is 0 Å². The van der Waals surface area contributed by atoms with E-state index < -0.39 is 5.79 Å². The highest BCUT2D eigenvalue weighted by molar-refractivity contribution is 5.82. The zero-order chi connectivity index (χ0) is 11.4. The highest BCUT2D eigenvalue weighted by Gasteiger charge is 2.39. The summed E-state index contributed by atoms with van der Waals surface area (Å²) in [5.41, 5.74) is 1.08. The number of hydrogen-bond donors (Lipinski definition) is 0. The van der Waals surface area contributed by atoms with Gasteiger partial charge in [-0.25, -0.2) is 4.79 Å². The van der Waals surface area contributed by atoms with Crippen molar-refractivity contribution in [2.75, 3.05) is 19.8 Å². The maximum Gasteiger partial charge on any atom is 0.330 e. The molecule has 0 atom stereocenters. The molecule has 0 radical (unpaired) electrons. The Morgan fingerprint density at radius 3 is 2.94 bits per heavy atom. The van der Waals surface area contributed by atoms with E-state index in [1.54, 1.807) is 6.08 Å². The van der Waals surface area contributed by atoms with E-state index in [1.807, 2.05) is 6.92 Å². The first-order valence-electron chi connectivity index (χ1n) is 5.88. The van der Waals surface area contributed by atoms with Gasteiger partial charge in [0.2, 0.25) is 0 Å². The van der Waals surface area contributed by atoms with Crippen molar-refractivity contribution in [3.05, 3.63) is 11.6 Å². The summed E-state index contributed by atoms with van der Waals surface area (Å²) in [5, 5.41) is 0. The molecule has 0 aromatic heterocycles. The van der Waals surface area contributed by atoms with E-state index in [-0.39, 0.29) is 5.97 Å². The molecule has 1 spiro atoms. The van der Waals surface area contributed by atoms with Gasteiger partial charge in [0.15, 0.2) is 5.79 Å². The lowest BCUT2D eigenvalue weighted by molar-refractivity contribution is -0.167. The van der Waals surface area contributed by atoms with Crippen molar-refractivity contribution >= 4 is 5.97 Å². The first kappa shape index (κ1) is 11.6. The first-order chi connectivity index (χ1) is 7.74. The van der Waals surface area contributed by atoms with Crippen molar-refractivity contribution in [3.8, 4) is 0 Å². The Morgan fingerprint density at radius 2 is 2.25 bits per heavy atom. The second-order valence-electron chi connectivity index (χ2n) is 4.19. The fourth-order valence-electron chi connectivity index (χ4n) is 2.32. The van der Waals surface area contributed by atoms with E-state index in [1.165, 1.54) is 0 Å². The van der Waals surface area contributed by atoms with Gasteiger partial charge in [-0.1, -0.05) is 5.57 Å². The summed E-state index contributed by atoms with van der Waals surface area (Å²) in [5.74, 6) is -0.705. The lowest BCUT2D eigenvalue weighted by Crippen LogP contribution is -2.33. The highest BCUT2D eigenvalue weighted by Crippen LogP contribution is 2.38. The predicted octanol–water partition coefficient (Wildman–Crippen LogP) is 1.79. The zero-order valence-corrected chi connectivity index (χ0v) is 9.66. The standard InChI is InChI=1S/C12H18O4/c1-2-14-11(13)8-10-4-3-5-12(9-10)15-6-7-16-12/h8H,2-7,9H2,1H3/b10-8+. The Bertz CT molecular complexity index is 289. The van der Waals surface area contributed by atoms with E-state index in [9.17, 15) is 4.79 Å². The summed E-state index contributed by atoms with van der Waals surface area (Å²) < 4.78 is 16.2. The van der Waals surface area contributed by atoms with Crippen LogP contribution >= 0.6 is 0 Å². The van der Waals surface area contributed by atoms with Crippen molar-refractivity contribution in [2.45, 2.75) is 38.4 Å². The maximum atomic E-state index is 11.3. The summed E-state index contributed by atoms with van der Waals surface area (Å²) in [6.07, 6.45) is 5.16. The third kappa shape index (κ3) is 2.62. The fourth-order valence-corrected chi connectivity index (χ4v) is 2.32. The third-order valence-corrected chi connectivity index (χ3v) is 2.97. The average Bonchev–Trinajstić information content (AvgIpc) is 2.66. The minimum Gasteiger partial charge on any atom is -0.463 e. The summed E-state index contributed by atoms with van der Waals surface area (Å²) in [6.45, 7) is 3.54. The van der Waals surface area contributed by atoms with Gasteiger partial charge in [-0.05, 0) is 19.8 Å². The lowest BCUT2D eigenvalue weighted by Gasteiger charge is -2.32. The minimum atomic E-state index is -0.448. The van der Waals surface area contributed by atoms with Crippen LogP contribution in [0.5, 0.6) is 0 Å². The summed E-state index contributed by atoms with van der Waals surface area (Å²) in [6, 6.07) is 0. The molecule has 16 heavy (non-hydrogen) atoms. The average molecular weight is 226 g/mol. The van der Waals surface area contributed by atoms with Gasteiger partial charge in [0, 0.05) is 18.9 Å². The van der Waals surface area contributed by atoms with Crippen LogP contribution in [0.4, 0.5) is 0 Å². The lowest BCUT2D eigenvalue weighted by atomic mass is 9.89. The number of carbonyl (C=O) groups is 1. The van der Waals surface area contributed by atoms with Gasteiger partial charge in [-0.15, -0.1) is 0 Å². The van der Waals surface area contributed by atoms with Crippen LogP contribution in [0, 0.1) is 0 Å². The molecule has 2 fully saturated rings. The van der Waals surface area contributed by atoms with Crippen LogP contribution in [-0.4, -0.2) is 31.6 Å². The Labute approximate surface area is 95.6 Å².